The summed E-state index contributed by atoms with van der Waals surface area (Å²) in [5, 5.41) is 3.16. The molecule has 0 saturated carbocycles. The topological polar surface area (TPSA) is 15.3 Å². The highest BCUT2D eigenvalue weighted by Gasteiger charge is 2.11. The van der Waals surface area contributed by atoms with Gasteiger partial charge in [0.2, 0.25) is 0 Å². The molecule has 1 aromatic rings. The van der Waals surface area contributed by atoms with Crippen molar-refractivity contribution in [3.8, 4) is 0 Å². The van der Waals surface area contributed by atoms with Crippen LogP contribution in [0.5, 0.6) is 0 Å². The van der Waals surface area contributed by atoms with Gasteiger partial charge in [-0.1, -0.05) is 19.4 Å². The average Bonchev–Trinajstić information content (AvgIpc) is 2.32. The van der Waals surface area contributed by atoms with Gasteiger partial charge >= 0.3 is 0 Å². The summed E-state index contributed by atoms with van der Waals surface area (Å²) in [4.78, 5) is 2.07. The van der Waals surface area contributed by atoms with Gasteiger partial charge in [0.1, 0.15) is 11.6 Å². The molecule has 0 aliphatic carbocycles. The first-order valence-corrected chi connectivity index (χ1v) is 6.33. The van der Waals surface area contributed by atoms with Gasteiger partial charge in [-0.3, -0.25) is 0 Å². The molecule has 1 N–H and O–H groups in total. The minimum atomic E-state index is -0.527. The predicted molar refractivity (Wildman–Crippen MR) is 70.4 cm³/mol. The molecule has 2 nitrogen and oxygen atoms in total. The fraction of sp³-hybridized carbons (Fsp3) is 0.571. The molecule has 0 heterocycles. The van der Waals surface area contributed by atoms with Crippen LogP contribution in [0.2, 0.25) is 0 Å². The lowest BCUT2D eigenvalue weighted by Gasteiger charge is -2.23. The van der Waals surface area contributed by atoms with Gasteiger partial charge in [-0.05, 0) is 32.6 Å². The van der Waals surface area contributed by atoms with Crippen LogP contribution in [0.15, 0.2) is 18.2 Å². The number of hydrogen-bond acceptors (Lipinski definition) is 2. The van der Waals surface area contributed by atoms with Crippen molar-refractivity contribution in [1.82, 2.24) is 10.2 Å². The first-order chi connectivity index (χ1) is 8.56. The second-order valence-corrected chi connectivity index (χ2v) is 4.76. The van der Waals surface area contributed by atoms with Crippen molar-refractivity contribution in [2.75, 3.05) is 27.2 Å². The van der Waals surface area contributed by atoms with Crippen LogP contribution >= 0.6 is 0 Å². The zero-order valence-corrected chi connectivity index (χ0v) is 11.3. The number of hydrogen-bond donors (Lipinski definition) is 1. The Morgan fingerprint density at radius 3 is 2.61 bits per heavy atom. The van der Waals surface area contributed by atoms with Gasteiger partial charge in [-0.2, -0.15) is 0 Å². The Labute approximate surface area is 108 Å². The van der Waals surface area contributed by atoms with Crippen molar-refractivity contribution < 1.29 is 8.78 Å². The first kappa shape index (κ1) is 15.1. The number of rotatable bonds is 7. The normalized spacial score (nSPS) is 13.0. The van der Waals surface area contributed by atoms with E-state index in [1.54, 1.807) is 0 Å². The highest BCUT2D eigenvalue weighted by molar-refractivity contribution is 5.18. The minimum Gasteiger partial charge on any atom is -0.319 e. The summed E-state index contributed by atoms with van der Waals surface area (Å²) in [6.45, 7) is 4.50. The standard InChI is InChI=1S/C14H22F2N2/c1-4-11(8-17-2)9-18(3)10-12-5-6-13(15)7-14(12)16/h5-7,11,17H,4,8-10H2,1-3H3. The van der Waals surface area contributed by atoms with Gasteiger partial charge in [0.05, 0.1) is 0 Å². The molecular weight excluding hydrogens is 234 g/mol. The van der Waals surface area contributed by atoms with E-state index in [4.69, 9.17) is 0 Å². The molecule has 0 spiro atoms. The van der Waals surface area contributed by atoms with E-state index in [0.717, 1.165) is 25.6 Å². The number of nitrogens with zero attached hydrogens (tertiary/aromatic N) is 1. The summed E-state index contributed by atoms with van der Waals surface area (Å²) < 4.78 is 26.3. The maximum atomic E-state index is 13.5. The van der Waals surface area contributed by atoms with Gasteiger partial charge in [-0.15, -0.1) is 0 Å². The average molecular weight is 256 g/mol. The molecule has 1 unspecified atom stereocenters. The van der Waals surface area contributed by atoms with Crippen LogP contribution in [0.4, 0.5) is 8.78 Å². The Balaban J connectivity index is 2.55. The Bertz CT molecular complexity index is 369. The lowest BCUT2D eigenvalue weighted by atomic mass is 10.1. The Kier molecular flexibility index (Phi) is 6.22. The fourth-order valence-corrected chi connectivity index (χ4v) is 2.07. The molecule has 0 aliphatic heterocycles. The number of benzene rings is 1. The van der Waals surface area contributed by atoms with E-state index in [1.807, 2.05) is 14.1 Å². The summed E-state index contributed by atoms with van der Waals surface area (Å²) >= 11 is 0. The minimum absolute atomic E-state index is 0.469. The molecule has 102 valence electrons. The van der Waals surface area contributed by atoms with Gasteiger partial charge in [0, 0.05) is 24.7 Å². The van der Waals surface area contributed by atoms with Crippen LogP contribution in [0.1, 0.15) is 18.9 Å². The van der Waals surface area contributed by atoms with Crippen LogP contribution in [0.3, 0.4) is 0 Å². The third kappa shape index (κ3) is 4.70. The molecule has 4 heteroatoms. The van der Waals surface area contributed by atoms with Crippen LogP contribution < -0.4 is 5.32 Å². The quantitative estimate of drug-likeness (QED) is 0.807. The summed E-state index contributed by atoms with van der Waals surface area (Å²) in [7, 11) is 3.89. The lowest BCUT2D eigenvalue weighted by Crippen LogP contribution is -2.31. The molecule has 1 atom stereocenters. The van der Waals surface area contributed by atoms with Crippen LogP contribution in [0, 0.1) is 17.6 Å². The third-order valence-electron chi connectivity index (χ3n) is 3.10. The van der Waals surface area contributed by atoms with E-state index in [2.05, 4.69) is 17.1 Å². The monoisotopic (exact) mass is 256 g/mol. The van der Waals surface area contributed by atoms with Gasteiger partial charge in [-0.25, -0.2) is 8.78 Å². The predicted octanol–water partition coefficient (Wildman–Crippen LogP) is 2.64. The second kappa shape index (κ2) is 7.44. The number of halogens is 2. The Hall–Kier alpha value is -1.00. The molecule has 0 amide bonds. The van der Waals surface area contributed by atoms with Crippen LogP contribution in [-0.2, 0) is 6.54 Å². The van der Waals surface area contributed by atoms with Crippen molar-refractivity contribution in [2.45, 2.75) is 19.9 Å². The molecule has 18 heavy (non-hydrogen) atoms. The van der Waals surface area contributed by atoms with E-state index in [1.165, 1.54) is 12.1 Å². The maximum Gasteiger partial charge on any atom is 0.130 e. The van der Waals surface area contributed by atoms with E-state index in [0.29, 0.717) is 18.0 Å². The molecular formula is C14H22F2N2. The van der Waals surface area contributed by atoms with Gasteiger partial charge < -0.3 is 10.2 Å². The summed E-state index contributed by atoms with van der Waals surface area (Å²) in [6.07, 6.45) is 1.08. The first-order valence-electron chi connectivity index (χ1n) is 6.33. The molecule has 0 radical (unpaired) electrons. The van der Waals surface area contributed by atoms with E-state index >= 15 is 0 Å². The molecule has 0 aromatic heterocycles. The smallest absolute Gasteiger partial charge is 0.130 e. The highest BCUT2D eigenvalue weighted by Crippen LogP contribution is 2.13. The van der Waals surface area contributed by atoms with Crippen molar-refractivity contribution in [2.24, 2.45) is 5.92 Å². The van der Waals surface area contributed by atoms with Crippen molar-refractivity contribution >= 4 is 0 Å². The Morgan fingerprint density at radius 1 is 1.33 bits per heavy atom. The summed E-state index contributed by atoms with van der Waals surface area (Å²) in [5.41, 5.74) is 0.540. The Morgan fingerprint density at radius 2 is 2.06 bits per heavy atom. The molecule has 1 rings (SSSR count). The largest absolute Gasteiger partial charge is 0.319 e. The molecule has 0 aliphatic rings. The fourth-order valence-electron chi connectivity index (χ4n) is 2.07. The maximum absolute atomic E-state index is 13.5. The van der Waals surface area contributed by atoms with E-state index in [9.17, 15) is 8.78 Å². The second-order valence-electron chi connectivity index (χ2n) is 4.76. The summed E-state index contributed by atoms with van der Waals surface area (Å²) in [5.74, 6) is -0.451. The van der Waals surface area contributed by atoms with E-state index in [-0.39, 0.29) is 0 Å². The summed E-state index contributed by atoms with van der Waals surface area (Å²) in [6, 6.07) is 3.76. The van der Waals surface area contributed by atoms with Crippen molar-refractivity contribution in [1.29, 1.82) is 0 Å². The van der Waals surface area contributed by atoms with Gasteiger partial charge in [0.25, 0.3) is 0 Å². The van der Waals surface area contributed by atoms with Crippen molar-refractivity contribution in [3.63, 3.8) is 0 Å². The van der Waals surface area contributed by atoms with Crippen molar-refractivity contribution in [3.05, 3.63) is 35.4 Å². The highest BCUT2D eigenvalue weighted by atomic mass is 19.1. The van der Waals surface area contributed by atoms with Crippen LogP contribution in [-0.4, -0.2) is 32.1 Å². The molecule has 0 fully saturated rings. The SMILES string of the molecule is CCC(CNC)CN(C)Cc1ccc(F)cc1F. The third-order valence-corrected chi connectivity index (χ3v) is 3.10. The molecule has 0 bridgehead atoms. The van der Waals surface area contributed by atoms with Gasteiger partial charge in [0.15, 0.2) is 0 Å². The van der Waals surface area contributed by atoms with E-state index < -0.39 is 11.6 Å². The van der Waals surface area contributed by atoms with Crippen LogP contribution in [0.25, 0.3) is 0 Å². The molecule has 0 saturated heterocycles. The zero-order chi connectivity index (χ0) is 13.5. The zero-order valence-electron chi connectivity index (χ0n) is 11.3. The number of nitrogens with one attached hydrogen (secondary N) is 1. The molecule has 1 aromatic carbocycles. The lowest BCUT2D eigenvalue weighted by molar-refractivity contribution is 0.258.